The minimum atomic E-state index is -4.12. The van der Waals surface area contributed by atoms with E-state index >= 15 is 0 Å². The van der Waals surface area contributed by atoms with Crippen LogP contribution in [-0.2, 0) is 9.53 Å². The fourth-order valence-corrected chi connectivity index (χ4v) is 0.512. The van der Waals surface area contributed by atoms with Gasteiger partial charge in [0, 0.05) is 5.57 Å². The Balaban J connectivity index is 3.85. The molecule has 0 aromatic heterocycles. The fraction of sp³-hybridized carbons (Fsp3) is 0.625. The van der Waals surface area contributed by atoms with Crippen LogP contribution < -0.4 is 0 Å². The van der Waals surface area contributed by atoms with Gasteiger partial charge in [0.1, 0.15) is 0 Å². The van der Waals surface area contributed by atoms with Gasteiger partial charge in [-0.25, -0.2) is 22.4 Å². The van der Waals surface area contributed by atoms with Crippen LogP contribution in [0.3, 0.4) is 0 Å². The van der Waals surface area contributed by atoms with Gasteiger partial charge in [0.25, 0.3) is 0 Å². The molecule has 0 radical (unpaired) electrons. The number of carbonyl (C=O) groups excluding carboxylic acids is 1. The van der Waals surface area contributed by atoms with Gasteiger partial charge in [0.2, 0.25) is 0 Å². The molecule has 0 atom stereocenters. The zero-order valence-electron chi connectivity index (χ0n) is 7.53. The minimum absolute atomic E-state index is 0.0327. The van der Waals surface area contributed by atoms with Crippen LogP contribution in [-0.4, -0.2) is 24.9 Å². The number of halogens is 4. The van der Waals surface area contributed by atoms with Crippen molar-refractivity contribution in [2.24, 2.45) is 0 Å². The summed E-state index contributed by atoms with van der Waals surface area (Å²) in [6.07, 6.45) is -4.94. The van der Waals surface area contributed by atoms with Crippen LogP contribution in [0.5, 0.6) is 0 Å². The minimum Gasteiger partial charge on any atom is -0.462 e. The molecule has 0 saturated heterocycles. The van der Waals surface area contributed by atoms with E-state index in [4.69, 9.17) is 0 Å². The normalized spacial score (nSPS) is 11.6. The third-order valence-corrected chi connectivity index (χ3v) is 1.34. The zero-order chi connectivity index (χ0) is 11.4. The van der Waals surface area contributed by atoms with Crippen molar-refractivity contribution in [1.82, 2.24) is 0 Å². The van der Waals surface area contributed by atoms with E-state index in [1.165, 1.54) is 6.92 Å². The SMILES string of the molecule is C=C(C)C(=O)OCCC(F)(F)C(F)F. The summed E-state index contributed by atoms with van der Waals surface area (Å²) in [5.74, 6) is -4.98. The molecule has 0 aliphatic carbocycles. The van der Waals surface area contributed by atoms with Crippen molar-refractivity contribution < 1.29 is 27.1 Å². The summed E-state index contributed by atoms with van der Waals surface area (Å²) in [5, 5.41) is 0. The molecule has 0 aromatic rings. The van der Waals surface area contributed by atoms with E-state index in [0.717, 1.165) is 0 Å². The van der Waals surface area contributed by atoms with E-state index in [1.54, 1.807) is 0 Å². The maximum atomic E-state index is 12.2. The van der Waals surface area contributed by atoms with Crippen molar-refractivity contribution in [2.45, 2.75) is 25.7 Å². The van der Waals surface area contributed by atoms with Crippen LogP contribution >= 0.6 is 0 Å². The Morgan fingerprint density at radius 3 is 2.36 bits per heavy atom. The molecule has 0 saturated carbocycles. The van der Waals surface area contributed by atoms with Gasteiger partial charge >= 0.3 is 18.3 Å². The number of rotatable bonds is 5. The highest BCUT2D eigenvalue weighted by Crippen LogP contribution is 2.26. The van der Waals surface area contributed by atoms with E-state index in [2.05, 4.69) is 11.3 Å². The maximum absolute atomic E-state index is 12.2. The predicted molar refractivity (Wildman–Crippen MR) is 41.3 cm³/mol. The van der Waals surface area contributed by atoms with Crippen LogP contribution in [0, 0.1) is 0 Å². The lowest BCUT2D eigenvalue weighted by Gasteiger charge is -2.14. The first-order chi connectivity index (χ1) is 6.27. The molecule has 0 bridgehead atoms. The van der Waals surface area contributed by atoms with Gasteiger partial charge in [0.15, 0.2) is 0 Å². The molecule has 14 heavy (non-hydrogen) atoms. The number of hydrogen-bond donors (Lipinski definition) is 0. The molecule has 0 spiro atoms. The van der Waals surface area contributed by atoms with Gasteiger partial charge in [-0.15, -0.1) is 0 Å². The third-order valence-electron chi connectivity index (χ3n) is 1.34. The lowest BCUT2D eigenvalue weighted by Crippen LogP contribution is -2.28. The molecule has 0 unspecified atom stereocenters. The summed E-state index contributed by atoms with van der Waals surface area (Å²) < 4.78 is 51.9. The van der Waals surface area contributed by atoms with Crippen LogP contribution in [0.25, 0.3) is 0 Å². The Labute approximate surface area is 78.5 Å². The number of esters is 1. The Morgan fingerprint density at radius 1 is 1.50 bits per heavy atom. The molecule has 0 N–H and O–H groups in total. The van der Waals surface area contributed by atoms with E-state index in [-0.39, 0.29) is 5.57 Å². The van der Waals surface area contributed by atoms with Crippen molar-refractivity contribution in [3.05, 3.63) is 12.2 Å². The van der Waals surface area contributed by atoms with Crippen molar-refractivity contribution in [3.63, 3.8) is 0 Å². The van der Waals surface area contributed by atoms with Crippen molar-refractivity contribution >= 4 is 5.97 Å². The Kier molecular flexibility index (Phi) is 4.59. The van der Waals surface area contributed by atoms with Crippen LogP contribution in [0.1, 0.15) is 13.3 Å². The van der Waals surface area contributed by atoms with Gasteiger partial charge in [0.05, 0.1) is 13.0 Å². The standard InChI is InChI=1S/C8H10F4O2/c1-5(2)6(13)14-4-3-8(11,12)7(9)10/h7H,1,3-4H2,2H3. The van der Waals surface area contributed by atoms with E-state index in [0.29, 0.717) is 0 Å². The Hall–Kier alpha value is -1.07. The summed E-state index contributed by atoms with van der Waals surface area (Å²) in [7, 11) is 0. The van der Waals surface area contributed by atoms with Crippen molar-refractivity contribution in [2.75, 3.05) is 6.61 Å². The van der Waals surface area contributed by atoms with Gasteiger partial charge in [-0.3, -0.25) is 0 Å². The molecule has 0 rings (SSSR count). The first kappa shape index (κ1) is 12.9. The van der Waals surface area contributed by atoms with E-state index in [9.17, 15) is 22.4 Å². The second kappa shape index (κ2) is 4.97. The molecular formula is C8H10F4O2. The second-order valence-corrected chi connectivity index (χ2v) is 2.73. The van der Waals surface area contributed by atoms with E-state index < -0.39 is 31.3 Å². The predicted octanol–water partition coefficient (Wildman–Crippen LogP) is 2.40. The fourth-order valence-electron chi connectivity index (χ4n) is 0.512. The Morgan fingerprint density at radius 2 is 2.00 bits per heavy atom. The number of ether oxygens (including phenoxy) is 1. The monoisotopic (exact) mass is 214 g/mol. The van der Waals surface area contributed by atoms with Crippen molar-refractivity contribution in [1.29, 1.82) is 0 Å². The van der Waals surface area contributed by atoms with Gasteiger partial charge in [-0.1, -0.05) is 6.58 Å². The molecule has 0 heterocycles. The van der Waals surface area contributed by atoms with Crippen LogP contribution in [0.2, 0.25) is 0 Å². The van der Waals surface area contributed by atoms with Gasteiger partial charge in [-0.05, 0) is 6.92 Å². The first-order valence-corrected chi connectivity index (χ1v) is 3.76. The van der Waals surface area contributed by atoms with Crippen molar-refractivity contribution in [3.8, 4) is 0 Å². The first-order valence-electron chi connectivity index (χ1n) is 3.76. The van der Waals surface area contributed by atoms with E-state index in [1.807, 2.05) is 0 Å². The number of hydrogen-bond acceptors (Lipinski definition) is 2. The Bertz CT molecular complexity index is 225. The molecule has 0 amide bonds. The van der Waals surface area contributed by atoms with Crippen LogP contribution in [0.15, 0.2) is 12.2 Å². The quantitative estimate of drug-likeness (QED) is 0.399. The molecule has 82 valence electrons. The highest BCUT2D eigenvalue weighted by atomic mass is 19.3. The lowest BCUT2D eigenvalue weighted by atomic mass is 10.2. The lowest BCUT2D eigenvalue weighted by molar-refractivity contribution is -0.153. The second-order valence-electron chi connectivity index (χ2n) is 2.73. The third kappa shape index (κ3) is 4.25. The van der Waals surface area contributed by atoms with Gasteiger partial charge in [-0.2, -0.15) is 0 Å². The summed E-state index contributed by atoms with van der Waals surface area (Å²) in [4.78, 5) is 10.6. The topological polar surface area (TPSA) is 26.3 Å². The molecule has 0 aromatic carbocycles. The summed E-state index contributed by atoms with van der Waals surface area (Å²) in [5.41, 5.74) is 0.0327. The number of carbonyl (C=O) groups is 1. The summed E-state index contributed by atoms with van der Waals surface area (Å²) >= 11 is 0. The highest BCUT2D eigenvalue weighted by Gasteiger charge is 2.40. The average molecular weight is 214 g/mol. The molecule has 0 aliphatic heterocycles. The molecule has 0 fully saturated rings. The zero-order valence-corrected chi connectivity index (χ0v) is 7.53. The van der Waals surface area contributed by atoms with Gasteiger partial charge < -0.3 is 4.74 Å². The highest BCUT2D eigenvalue weighted by molar-refractivity contribution is 5.86. The summed E-state index contributed by atoms with van der Waals surface area (Å²) in [6.45, 7) is 3.78. The number of alkyl halides is 4. The molecule has 6 heteroatoms. The maximum Gasteiger partial charge on any atom is 0.333 e. The molecular weight excluding hydrogens is 204 g/mol. The smallest absolute Gasteiger partial charge is 0.333 e. The van der Waals surface area contributed by atoms with Crippen LogP contribution in [0.4, 0.5) is 17.6 Å². The molecule has 2 nitrogen and oxygen atoms in total. The largest absolute Gasteiger partial charge is 0.462 e. The summed E-state index contributed by atoms with van der Waals surface area (Å²) in [6, 6.07) is 0. The molecule has 0 aliphatic rings. The average Bonchev–Trinajstić information content (AvgIpc) is 2.03.